The van der Waals surface area contributed by atoms with Crippen LogP contribution in [0.25, 0.3) is 0 Å². The Bertz CT molecular complexity index is 298. The SMILES string of the molecule is CCC/C=C/C[Si](C)(C)c1ccccc1. The van der Waals surface area contributed by atoms with Crippen molar-refractivity contribution in [1.82, 2.24) is 0 Å². The number of hydrogen-bond donors (Lipinski definition) is 0. The van der Waals surface area contributed by atoms with E-state index in [1.54, 1.807) is 5.19 Å². The van der Waals surface area contributed by atoms with Gasteiger partial charge in [0.05, 0.1) is 8.07 Å². The van der Waals surface area contributed by atoms with Gasteiger partial charge in [0.25, 0.3) is 0 Å². The Morgan fingerprint density at radius 1 is 1.07 bits per heavy atom. The van der Waals surface area contributed by atoms with E-state index < -0.39 is 8.07 Å². The maximum atomic E-state index is 2.44. The van der Waals surface area contributed by atoms with E-state index in [0.717, 1.165) is 0 Å². The lowest BCUT2D eigenvalue weighted by Gasteiger charge is -2.20. The van der Waals surface area contributed by atoms with Gasteiger partial charge >= 0.3 is 0 Å². The van der Waals surface area contributed by atoms with Crippen LogP contribution < -0.4 is 5.19 Å². The van der Waals surface area contributed by atoms with Crippen molar-refractivity contribution in [1.29, 1.82) is 0 Å². The number of rotatable bonds is 5. The van der Waals surface area contributed by atoms with Crippen molar-refractivity contribution in [2.45, 2.75) is 38.9 Å². The lowest BCUT2D eigenvalue weighted by Crippen LogP contribution is -2.40. The van der Waals surface area contributed by atoms with Crippen LogP contribution in [0, 0.1) is 0 Å². The number of benzene rings is 1. The summed E-state index contributed by atoms with van der Waals surface area (Å²) in [6, 6.07) is 12.2. The Hall–Kier alpha value is -0.823. The molecule has 0 aromatic heterocycles. The molecule has 0 saturated heterocycles. The Morgan fingerprint density at radius 3 is 2.33 bits per heavy atom. The zero-order chi connectivity index (χ0) is 11.1. The van der Waals surface area contributed by atoms with Gasteiger partial charge in [0, 0.05) is 0 Å². The third-order valence-electron chi connectivity index (χ3n) is 2.81. The largest absolute Gasteiger partial charge is 0.0909 e. The number of hydrogen-bond acceptors (Lipinski definition) is 0. The van der Waals surface area contributed by atoms with Crippen molar-refractivity contribution in [3.63, 3.8) is 0 Å². The quantitative estimate of drug-likeness (QED) is 0.518. The third kappa shape index (κ3) is 4.04. The highest BCUT2D eigenvalue weighted by Gasteiger charge is 2.20. The highest BCUT2D eigenvalue weighted by Crippen LogP contribution is 2.10. The second-order valence-corrected chi connectivity index (χ2v) is 9.47. The van der Waals surface area contributed by atoms with E-state index in [2.05, 4.69) is 62.5 Å². The standard InChI is InChI=1S/C14H22Si/c1-4-5-6-10-13-15(2,3)14-11-8-7-9-12-14/h6-12H,4-5,13H2,1-3H3/b10-6+. The van der Waals surface area contributed by atoms with Crippen LogP contribution in [-0.2, 0) is 0 Å². The van der Waals surface area contributed by atoms with Crippen LogP contribution in [0.4, 0.5) is 0 Å². The molecule has 0 amide bonds. The second kappa shape index (κ2) is 5.91. The molecule has 0 atom stereocenters. The maximum Gasteiger partial charge on any atom is 0.0843 e. The molecule has 1 rings (SSSR count). The van der Waals surface area contributed by atoms with Gasteiger partial charge in [0.15, 0.2) is 0 Å². The minimum atomic E-state index is -1.22. The van der Waals surface area contributed by atoms with Gasteiger partial charge in [-0.15, -0.1) is 0 Å². The fourth-order valence-corrected chi connectivity index (χ4v) is 3.76. The van der Waals surface area contributed by atoms with Gasteiger partial charge in [-0.2, -0.15) is 0 Å². The van der Waals surface area contributed by atoms with Crippen molar-refractivity contribution in [2.75, 3.05) is 0 Å². The van der Waals surface area contributed by atoms with E-state index >= 15 is 0 Å². The first-order valence-corrected chi connectivity index (χ1v) is 9.08. The van der Waals surface area contributed by atoms with Crippen molar-refractivity contribution < 1.29 is 0 Å². The van der Waals surface area contributed by atoms with Crippen LogP contribution in [0.5, 0.6) is 0 Å². The van der Waals surface area contributed by atoms with Gasteiger partial charge in [0.1, 0.15) is 0 Å². The summed E-state index contributed by atoms with van der Waals surface area (Å²) < 4.78 is 0. The Balaban J connectivity index is 2.59. The van der Waals surface area contributed by atoms with Crippen molar-refractivity contribution in [3.05, 3.63) is 42.5 Å². The van der Waals surface area contributed by atoms with E-state index in [9.17, 15) is 0 Å². The van der Waals surface area contributed by atoms with Gasteiger partial charge in [-0.25, -0.2) is 0 Å². The van der Waals surface area contributed by atoms with Crippen LogP contribution >= 0.6 is 0 Å². The van der Waals surface area contributed by atoms with Crippen molar-refractivity contribution in [2.24, 2.45) is 0 Å². The van der Waals surface area contributed by atoms with Crippen LogP contribution in [0.15, 0.2) is 42.5 Å². The average molecular weight is 218 g/mol. The molecular formula is C14H22Si. The molecule has 0 fully saturated rings. The third-order valence-corrected chi connectivity index (χ3v) is 5.96. The summed E-state index contributed by atoms with van der Waals surface area (Å²) in [6.45, 7) is 7.11. The van der Waals surface area contributed by atoms with Gasteiger partial charge in [-0.3, -0.25) is 0 Å². The van der Waals surface area contributed by atoms with Crippen LogP contribution in [-0.4, -0.2) is 8.07 Å². The highest BCUT2D eigenvalue weighted by molar-refractivity contribution is 6.90. The molecule has 1 aromatic rings. The van der Waals surface area contributed by atoms with Gasteiger partial charge in [-0.05, 0) is 12.5 Å². The fraction of sp³-hybridized carbons (Fsp3) is 0.429. The van der Waals surface area contributed by atoms with Gasteiger partial charge in [-0.1, -0.05) is 74.1 Å². The molecule has 82 valence electrons. The smallest absolute Gasteiger partial charge is 0.0843 e. The molecule has 1 heteroatoms. The van der Waals surface area contributed by atoms with E-state index in [4.69, 9.17) is 0 Å². The van der Waals surface area contributed by atoms with E-state index in [1.165, 1.54) is 18.9 Å². The average Bonchev–Trinajstić information content (AvgIpc) is 2.26. The molecular weight excluding hydrogens is 196 g/mol. The summed E-state index contributed by atoms with van der Waals surface area (Å²) in [6.07, 6.45) is 7.18. The summed E-state index contributed by atoms with van der Waals surface area (Å²) in [5.74, 6) is 0. The molecule has 0 radical (unpaired) electrons. The minimum absolute atomic E-state index is 1.22. The molecule has 0 spiro atoms. The molecule has 0 nitrogen and oxygen atoms in total. The monoisotopic (exact) mass is 218 g/mol. The minimum Gasteiger partial charge on any atom is -0.0909 e. The first kappa shape index (κ1) is 12.2. The predicted molar refractivity (Wildman–Crippen MR) is 72.4 cm³/mol. The van der Waals surface area contributed by atoms with E-state index in [0.29, 0.717) is 0 Å². The zero-order valence-electron chi connectivity index (χ0n) is 10.2. The molecule has 0 unspecified atom stereocenters. The number of allylic oxidation sites excluding steroid dienone is 2. The van der Waals surface area contributed by atoms with Crippen LogP contribution in [0.1, 0.15) is 19.8 Å². The normalized spacial score (nSPS) is 12.2. The molecule has 0 aliphatic rings. The lowest BCUT2D eigenvalue weighted by atomic mass is 10.3. The second-order valence-electron chi connectivity index (χ2n) is 4.71. The molecule has 0 heterocycles. The maximum absolute atomic E-state index is 2.44. The molecule has 0 aliphatic carbocycles. The number of unbranched alkanes of at least 4 members (excludes halogenated alkanes) is 1. The van der Waals surface area contributed by atoms with Gasteiger partial charge in [0.2, 0.25) is 0 Å². The predicted octanol–water partition coefficient (Wildman–Crippen LogP) is 3.96. The molecule has 0 bridgehead atoms. The summed E-state index contributed by atoms with van der Waals surface area (Å²) in [4.78, 5) is 0. The van der Waals surface area contributed by atoms with Crippen molar-refractivity contribution in [3.8, 4) is 0 Å². The van der Waals surface area contributed by atoms with Crippen LogP contribution in [0.3, 0.4) is 0 Å². The molecule has 0 aliphatic heterocycles. The summed E-state index contributed by atoms with van der Waals surface area (Å²) in [5, 5.41) is 1.56. The Morgan fingerprint density at radius 2 is 1.73 bits per heavy atom. The van der Waals surface area contributed by atoms with E-state index in [-0.39, 0.29) is 0 Å². The summed E-state index contributed by atoms with van der Waals surface area (Å²) >= 11 is 0. The lowest BCUT2D eigenvalue weighted by molar-refractivity contribution is 0.956. The topological polar surface area (TPSA) is 0 Å². The fourth-order valence-electron chi connectivity index (χ4n) is 1.67. The summed E-state index contributed by atoms with van der Waals surface area (Å²) in [5.41, 5.74) is 0. The van der Waals surface area contributed by atoms with E-state index in [1.807, 2.05) is 0 Å². The molecule has 0 saturated carbocycles. The summed E-state index contributed by atoms with van der Waals surface area (Å²) in [7, 11) is -1.22. The van der Waals surface area contributed by atoms with Crippen LogP contribution in [0.2, 0.25) is 19.1 Å². The molecule has 1 aromatic carbocycles. The van der Waals surface area contributed by atoms with Gasteiger partial charge < -0.3 is 0 Å². The highest BCUT2D eigenvalue weighted by atomic mass is 28.3. The molecule has 0 N–H and O–H groups in total. The Labute approximate surface area is 95.0 Å². The Kier molecular flexibility index (Phi) is 4.83. The molecule has 15 heavy (non-hydrogen) atoms. The first-order chi connectivity index (χ1) is 7.17. The van der Waals surface area contributed by atoms with Crippen molar-refractivity contribution >= 4 is 13.3 Å². The zero-order valence-corrected chi connectivity index (χ0v) is 11.2. The first-order valence-electron chi connectivity index (χ1n) is 5.87.